The van der Waals surface area contributed by atoms with Gasteiger partial charge in [0, 0.05) is 37.9 Å². The lowest BCUT2D eigenvalue weighted by Crippen LogP contribution is -2.46. The van der Waals surface area contributed by atoms with Gasteiger partial charge in [0.1, 0.15) is 5.75 Å². The highest BCUT2D eigenvalue weighted by atomic mass is 32.2. The molecule has 0 aliphatic carbocycles. The Bertz CT molecular complexity index is 626. The van der Waals surface area contributed by atoms with Gasteiger partial charge in [-0.05, 0) is 25.1 Å². The second-order valence-corrected chi connectivity index (χ2v) is 6.85. The van der Waals surface area contributed by atoms with E-state index in [1.54, 1.807) is 6.07 Å². The van der Waals surface area contributed by atoms with E-state index in [1.807, 2.05) is 4.90 Å². The third-order valence-electron chi connectivity index (χ3n) is 3.58. The molecule has 1 fully saturated rings. The molecule has 0 bridgehead atoms. The van der Waals surface area contributed by atoms with Crippen LogP contribution in [0.2, 0.25) is 0 Å². The van der Waals surface area contributed by atoms with Crippen molar-refractivity contribution in [1.82, 2.24) is 4.90 Å². The Kier molecular flexibility index (Phi) is 5.41. The molecule has 0 atom stereocenters. The van der Waals surface area contributed by atoms with E-state index < -0.39 is 15.6 Å². The maximum atomic E-state index is 12.4. The minimum Gasteiger partial charge on any atom is -0.376 e. The molecule has 0 amide bonds. The number of rotatable bonds is 5. The number of hydrogen-bond donors (Lipinski definition) is 0. The molecule has 1 heterocycles. The zero-order chi connectivity index (χ0) is 17.1. The van der Waals surface area contributed by atoms with Crippen molar-refractivity contribution < 1.29 is 25.8 Å². The third-order valence-corrected chi connectivity index (χ3v) is 4.56. The molecule has 0 aromatic heterocycles. The van der Waals surface area contributed by atoms with Crippen molar-refractivity contribution in [3.8, 4) is 5.75 Å². The molecule has 1 saturated heterocycles. The number of halogens is 3. The Balaban J connectivity index is 2.07. The van der Waals surface area contributed by atoms with Gasteiger partial charge >= 0.3 is 15.6 Å². The van der Waals surface area contributed by atoms with E-state index in [0.717, 1.165) is 39.1 Å². The van der Waals surface area contributed by atoms with Gasteiger partial charge in [0.15, 0.2) is 0 Å². The smallest absolute Gasteiger partial charge is 0.376 e. The molecule has 1 aromatic rings. The number of piperazine rings is 1. The van der Waals surface area contributed by atoms with Crippen LogP contribution in [0.3, 0.4) is 0 Å². The normalized spacial score (nSPS) is 17.3. The Morgan fingerprint density at radius 3 is 2.39 bits per heavy atom. The second-order valence-electron chi connectivity index (χ2n) is 5.31. The average molecular weight is 352 g/mol. The molecule has 130 valence electrons. The molecule has 0 radical (unpaired) electrons. The average Bonchev–Trinajstić information content (AvgIpc) is 2.47. The minimum atomic E-state index is -5.64. The van der Waals surface area contributed by atoms with Gasteiger partial charge in [-0.2, -0.15) is 21.6 Å². The molecule has 23 heavy (non-hydrogen) atoms. The topological polar surface area (TPSA) is 49.9 Å². The summed E-state index contributed by atoms with van der Waals surface area (Å²) in [7, 11) is -5.64. The molecule has 1 aliphatic heterocycles. The van der Waals surface area contributed by atoms with Gasteiger partial charge in [0.05, 0.1) is 0 Å². The highest BCUT2D eigenvalue weighted by Gasteiger charge is 2.48. The van der Waals surface area contributed by atoms with E-state index in [0.29, 0.717) is 5.69 Å². The number of nitrogens with zero attached hydrogens (tertiary/aromatic N) is 2. The predicted molar refractivity (Wildman–Crippen MR) is 81.0 cm³/mol. The molecule has 0 unspecified atom stereocenters. The summed E-state index contributed by atoms with van der Waals surface area (Å²) < 4.78 is 63.4. The van der Waals surface area contributed by atoms with Gasteiger partial charge in [-0.1, -0.05) is 13.0 Å². The van der Waals surface area contributed by atoms with Crippen LogP contribution in [0, 0.1) is 0 Å². The van der Waals surface area contributed by atoms with Gasteiger partial charge in [0.2, 0.25) is 0 Å². The van der Waals surface area contributed by atoms with E-state index in [1.165, 1.54) is 18.2 Å². The molecule has 0 saturated carbocycles. The zero-order valence-electron chi connectivity index (χ0n) is 12.7. The fraction of sp³-hybridized carbons (Fsp3) is 0.571. The van der Waals surface area contributed by atoms with Crippen molar-refractivity contribution >= 4 is 15.8 Å². The molecule has 0 spiro atoms. The number of alkyl halides is 3. The summed E-state index contributed by atoms with van der Waals surface area (Å²) in [5.74, 6) is -0.337. The molecular formula is C14H19F3N2O3S. The van der Waals surface area contributed by atoms with Crippen LogP contribution in [-0.4, -0.2) is 51.5 Å². The van der Waals surface area contributed by atoms with E-state index in [9.17, 15) is 21.6 Å². The fourth-order valence-electron chi connectivity index (χ4n) is 2.45. The van der Waals surface area contributed by atoms with Gasteiger partial charge in [-0.3, -0.25) is 4.90 Å². The maximum absolute atomic E-state index is 12.4. The van der Waals surface area contributed by atoms with Crippen molar-refractivity contribution in [2.24, 2.45) is 0 Å². The van der Waals surface area contributed by atoms with Gasteiger partial charge in [0.25, 0.3) is 0 Å². The van der Waals surface area contributed by atoms with Crippen molar-refractivity contribution in [1.29, 1.82) is 0 Å². The lowest BCUT2D eigenvalue weighted by molar-refractivity contribution is -0.0500. The van der Waals surface area contributed by atoms with Crippen LogP contribution in [0.4, 0.5) is 18.9 Å². The highest BCUT2D eigenvalue weighted by Crippen LogP contribution is 2.29. The molecule has 1 aliphatic rings. The SMILES string of the molecule is CCCN1CCN(c2cccc(OS(=O)(=O)C(F)(F)F)c2)CC1. The summed E-state index contributed by atoms with van der Waals surface area (Å²) in [6.07, 6.45) is 1.07. The number of benzene rings is 1. The molecule has 0 N–H and O–H groups in total. The Morgan fingerprint density at radius 2 is 1.83 bits per heavy atom. The van der Waals surface area contributed by atoms with Crippen LogP contribution in [0.25, 0.3) is 0 Å². The van der Waals surface area contributed by atoms with Crippen LogP contribution in [0.5, 0.6) is 5.75 Å². The summed E-state index contributed by atoms with van der Waals surface area (Å²) in [5, 5.41) is 0. The van der Waals surface area contributed by atoms with Crippen LogP contribution < -0.4 is 9.08 Å². The Hall–Kier alpha value is -1.48. The largest absolute Gasteiger partial charge is 0.534 e. The van der Waals surface area contributed by atoms with E-state index in [2.05, 4.69) is 16.0 Å². The first-order valence-corrected chi connectivity index (χ1v) is 8.72. The quantitative estimate of drug-likeness (QED) is 0.602. The molecule has 2 rings (SSSR count). The highest BCUT2D eigenvalue weighted by molar-refractivity contribution is 7.88. The summed E-state index contributed by atoms with van der Waals surface area (Å²) >= 11 is 0. The maximum Gasteiger partial charge on any atom is 0.534 e. The van der Waals surface area contributed by atoms with Crippen LogP contribution in [0.1, 0.15) is 13.3 Å². The van der Waals surface area contributed by atoms with Gasteiger partial charge in [-0.25, -0.2) is 0 Å². The number of anilines is 1. The minimum absolute atomic E-state index is 0.337. The first-order valence-electron chi connectivity index (χ1n) is 7.31. The Morgan fingerprint density at radius 1 is 1.17 bits per heavy atom. The monoisotopic (exact) mass is 352 g/mol. The summed E-state index contributed by atoms with van der Waals surface area (Å²) in [6, 6.07) is 5.72. The molecule has 9 heteroatoms. The molecular weight excluding hydrogens is 333 g/mol. The van der Waals surface area contributed by atoms with Gasteiger partial charge in [-0.15, -0.1) is 0 Å². The summed E-state index contributed by atoms with van der Waals surface area (Å²) in [4.78, 5) is 4.31. The lowest BCUT2D eigenvalue weighted by atomic mass is 10.2. The van der Waals surface area contributed by atoms with Crippen molar-refractivity contribution in [2.75, 3.05) is 37.6 Å². The van der Waals surface area contributed by atoms with Crippen LogP contribution >= 0.6 is 0 Å². The summed E-state index contributed by atoms with van der Waals surface area (Å²) in [5.41, 5.74) is -4.79. The van der Waals surface area contributed by atoms with Crippen LogP contribution in [0.15, 0.2) is 24.3 Å². The van der Waals surface area contributed by atoms with Crippen LogP contribution in [-0.2, 0) is 10.1 Å². The fourth-order valence-corrected chi connectivity index (χ4v) is 2.90. The third kappa shape index (κ3) is 4.51. The molecule has 1 aromatic carbocycles. The second kappa shape index (κ2) is 6.96. The van der Waals surface area contributed by atoms with E-state index in [-0.39, 0.29) is 5.75 Å². The van der Waals surface area contributed by atoms with E-state index >= 15 is 0 Å². The number of hydrogen-bond acceptors (Lipinski definition) is 5. The first kappa shape index (κ1) is 17.9. The van der Waals surface area contributed by atoms with E-state index in [4.69, 9.17) is 0 Å². The molecule has 5 nitrogen and oxygen atoms in total. The zero-order valence-corrected chi connectivity index (χ0v) is 13.5. The predicted octanol–water partition coefficient (Wildman–Crippen LogP) is 2.45. The van der Waals surface area contributed by atoms with Gasteiger partial charge < -0.3 is 9.08 Å². The standard InChI is InChI=1S/C14H19F3N2O3S/c1-2-6-18-7-9-19(10-8-18)12-4-3-5-13(11-12)22-23(20,21)14(15,16)17/h3-5,11H,2,6-10H2,1H3. The lowest BCUT2D eigenvalue weighted by Gasteiger charge is -2.36. The van der Waals surface area contributed by atoms with Crippen molar-refractivity contribution in [2.45, 2.75) is 18.9 Å². The van der Waals surface area contributed by atoms with Crippen molar-refractivity contribution in [3.63, 3.8) is 0 Å². The van der Waals surface area contributed by atoms with Crippen molar-refractivity contribution in [3.05, 3.63) is 24.3 Å². The first-order chi connectivity index (χ1) is 10.7. The summed E-state index contributed by atoms with van der Waals surface area (Å²) in [6.45, 7) is 6.31. The Labute approximate surface area is 133 Å².